The van der Waals surface area contributed by atoms with Gasteiger partial charge in [0.25, 0.3) is 0 Å². The molecule has 0 aliphatic carbocycles. The van der Waals surface area contributed by atoms with Crippen LogP contribution in [0.4, 0.5) is 10.6 Å². The molecule has 2 rings (SSSR count). The summed E-state index contributed by atoms with van der Waals surface area (Å²) >= 11 is 3.33. The molecule has 0 unspecified atom stereocenters. The zero-order valence-corrected chi connectivity index (χ0v) is 10.6. The fourth-order valence-electron chi connectivity index (χ4n) is 1.23. The molecular formula is C10H10BrN5O. The molecule has 17 heavy (non-hydrogen) atoms. The number of pyridine rings is 1. The van der Waals surface area contributed by atoms with Gasteiger partial charge in [0.1, 0.15) is 0 Å². The van der Waals surface area contributed by atoms with Gasteiger partial charge in [-0.2, -0.15) is 0 Å². The average Bonchev–Trinajstić information content (AvgIpc) is 2.72. The summed E-state index contributed by atoms with van der Waals surface area (Å²) in [5.41, 5.74) is 0.818. The van der Waals surface area contributed by atoms with E-state index in [9.17, 15) is 4.79 Å². The fraction of sp³-hybridized carbons (Fsp3) is 0.100. The SMILES string of the molecule is CNC(=O)Nc1nn(-c2cccnc2)cc1Br. The maximum Gasteiger partial charge on any atom is 0.320 e. The number of halogens is 1. The van der Waals surface area contributed by atoms with Gasteiger partial charge in [0.2, 0.25) is 0 Å². The molecule has 2 amide bonds. The molecule has 2 aromatic heterocycles. The Hall–Kier alpha value is -1.89. The predicted molar refractivity (Wildman–Crippen MR) is 67.1 cm³/mol. The van der Waals surface area contributed by atoms with Crippen molar-refractivity contribution in [3.05, 3.63) is 35.2 Å². The van der Waals surface area contributed by atoms with Gasteiger partial charge in [-0.1, -0.05) is 0 Å². The number of anilines is 1. The molecule has 0 aliphatic rings. The van der Waals surface area contributed by atoms with Crippen molar-refractivity contribution < 1.29 is 4.79 Å². The van der Waals surface area contributed by atoms with Gasteiger partial charge in [-0.05, 0) is 28.1 Å². The van der Waals surface area contributed by atoms with Gasteiger partial charge < -0.3 is 5.32 Å². The Bertz CT molecular complexity index is 525. The van der Waals surface area contributed by atoms with Crippen molar-refractivity contribution in [2.45, 2.75) is 0 Å². The van der Waals surface area contributed by atoms with E-state index in [1.165, 1.54) is 0 Å². The third-order valence-corrected chi connectivity index (χ3v) is 2.62. The number of nitrogens with one attached hydrogen (secondary N) is 2. The van der Waals surface area contributed by atoms with Crippen LogP contribution in [0.2, 0.25) is 0 Å². The first kappa shape index (κ1) is 11.6. The Balaban J connectivity index is 2.28. The number of urea groups is 1. The lowest BCUT2D eigenvalue weighted by Crippen LogP contribution is -2.24. The molecule has 88 valence electrons. The number of amides is 2. The standard InChI is InChI=1S/C10H10BrN5O/c1-12-10(17)14-9-8(11)6-16(15-9)7-3-2-4-13-5-7/h2-6H,1H3,(H2,12,14,15,17). The van der Waals surface area contributed by atoms with Gasteiger partial charge in [-0.25, -0.2) is 9.48 Å². The average molecular weight is 296 g/mol. The number of hydrogen-bond acceptors (Lipinski definition) is 3. The van der Waals surface area contributed by atoms with Crippen molar-refractivity contribution in [2.24, 2.45) is 0 Å². The first-order valence-corrected chi connectivity index (χ1v) is 5.64. The molecule has 7 heteroatoms. The summed E-state index contributed by atoms with van der Waals surface area (Å²) < 4.78 is 2.33. The van der Waals surface area contributed by atoms with Crippen LogP contribution in [0.5, 0.6) is 0 Å². The molecule has 0 radical (unpaired) electrons. The van der Waals surface area contributed by atoms with Crippen molar-refractivity contribution in [3.63, 3.8) is 0 Å². The van der Waals surface area contributed by atoms with E-state index in [0.29, 0.717) is 10.3 Å². The number of aromatic nitrogens is 3. The van der Waals surface area contributed by atoms with Gasteiger partial charge in [0.05, 0.1) is 16.4 Å². The fourth-order valence-corrected chi connectivity index (χ4v) is 1.60. The van der Waals surface area contributed by atoms with Crippen LogP contribution in [0.25, 0.3) is 5.69 Å². The lowest BCUT2D eigenvalue weighted by atomic mass is 10.4. The van der Waals surface area contributed by atoms with Gasteiger partial charge in [0, 0.05) is 19.4 Å². The monoisotopic (exact) mass is 295 g/mol. The second-order valence-corrected chi connectivity index (χ2v) is 4.04. The van der Waals surface area contributed by atoms with E-state index in [0.717, 1.165) is 5.69 Å². The minimum Gasteiger partial charge on any atom is -0.341 e. The normalized spacial score (nSPS) is 10.0. The molecule has 0 saturated heterocycles. The van der Waals surface area contributed by atoms with E-state index in [1.54, 1.807) is 30.3 Å². The Morgan fingerprint density at radius 3 is 3.00 bits per heavy atom. The number of nitrogens with zero attached hydrogens (tertiary/aromatic N) is 3. The molecule has 0 spiro atoms. The molecule has 0 aromatic carbocycles. The number of rotatable bonds is 2. The Labute approximate surface area is 106 Å². The molecule has 0 fully saturated rings. The molecule has 6 nitrogen and oxygen atoms in total. The van der Waals surface area contributed by atoms with Crippen LogP contribution < -0.4 is 10.6 Å². The molecule has 2 heterocycles. The summed E-state index contributed by atoms with van der Waals surface area (Å²) in [6.45, 7) is 0. The molecule has 2 aromatic rings. The van der Waals surface area contributed by atoms with E-state index >= 15 is 0 Å². The van der Waals surface area contributed by atoms with Crippen LogP contribution in [-0.2, 0) is 0 Å². The summed E-state index contributed by atoms with van der Waals surface area (Å²) in [5.74, 6) is 0.452. The van der Waals surface area contributed by atoms with Crippen molar-refractivity contribution in [3.8, 4) is 5.69 Å². The summed E-state index contributed by atoms with van der Waals surface area (Å²) in [4.78, 5) is 15.2. The summed E-state index contributed by atoms with van der Waals surface area (Å²) in [5, 5.41) is 9.28. The third-order valence-electron chi connectivity index (χ3n) is 2.04. The van der Waals surface area contributed by atoms with Crippen LogP contribution in [0, 0.1) is 0 Å². The molecule has 0 aliphatic heterocycles. The van der Waals surface area contributed by atoms with Crippen LogP contribution in [0.15, 0.2) is 35.2 Å². The van der Waals surface area contributed by atoms with E-state index in [-0.39, 0.29) is 6.03 Å². The topological polar surface area (TPSA) is 71.8 Å². The second-order valence-electron chi connectivity index (χ2n) is 3.19. The maximum absolute atomic E-state index is 11.2. The van der Waals surface area contributed by atoms with Crippen molar-refractivity contribution in [1.82, 2.24) is 20.1 Å². The largest absolute Gasteiger partial charge is 0.341 e. The number of carbonyl (C=O) groups excluding carboxylic acids is 1. The number of hydrogen-bond donors (Lipinski definition) is 2. The predicted octanol–water partition coefficient (Wildman–Crippen LogP) is 1.78. The van der Waals surface area contributed by atoms with Crippen LogP contribution in [0.3, 0.4) is 0 Å². The lowest BCUT2D eigenvalue weighted by Gasteiger charge is -2.01. The molecular weight excluding hydrogens is 286 g/mol. The van der Waals surface area contributed by atoms with Gasteiger partial charge in [-0.3, -0.25) is 10.3 Å². The van der Waals surface area contributed by atoms with Gasteiger partial charge >= 0.3 is 6.03 Å². The van der Waals surface area contributed by atoms with Crippen molar-refractivity contribution in [1.29, 1.82) is 0 Å². The highest BCUT2D eigenvalue weighted by molar-refractivity contribution is 9.10. The Kier molecular flexibility index (Phi) is 3.38. The minimum absolute atomic E-state index is 0.317. The van der Waals surface area contributed by atoms with Crippen LogP contribution >= 0.6 is 15.9 Å². The molecule has 0 saturated carbocycles. The van der Waals surface area contributed by atoms with Gasteiger partial charge in [-0.15, -0.1) is 5.10 Å². The van der Waals surface area contributed by atoms with Gasteiger partial charge in [0.15, 0.2) is 5.82 Å². The summed E-state index contributed by atoms with van der Waals surface area (Å²) in [7, 11) is 1.54. The third kappa shape index (κ3) is 2.62. The van der Waals surface area contributed by atoms with E-state index in [1.807, 2.05) is 12.1 Å². The highest BCUT2D eigenvalue weighted by atomic mass is 79.9. The highest BCUT2D eigenvalue weighted by Gasteiger charge is 2.09. The zero-order chi connectivity index (χ0) is 12.3. The highest BCUT2D eigenvalue weighted by Crippen LogP contribution is 2.21. The first-order chi connectivity index (χ1) is 8.20. The Morgan fingerprint density at radius 2 is 2.35 bits per heavy atom. The molecule has 0 atom stereocenters. The second kappa shape index (κ2) is 4.96. The quantitative estimate of drug-likeness (QED) is 0.887. The minimum atomic E-state index is -0.317. The lowest BCUT2D eigenvalue weighted by molar-refractivity contribution is 0.254. The zero-order valence-electron chi connectivity index (χ0n) is 9.01. The smallest absolute Gasteiger partial charge is 0.320 e. The van der Waals surface area contributed by atoms with E-state index in [2.05, 4.69) is 36.6 Å². The number of carbonyl (C=O) groups is 1. The summed E-state index contributed by atoms with van der Waals surface area (Å²) in [6, 6.07) is 3.37. The maximum atomic E-state index is 11.2. The summed E-state index contributed by atoms with van der Waals surface area (Å²) in [6.07, 6.45) is 5.12. The van der Waals surface area contributed by atoms with E-state index < -0.39 is 0 Å². The van der Waals surface area contributed by atoms with Crippen LogP contribution in [-0.4, -0.2) is 27.8 Å². The van der Waals surface area contributed by atoms with Crippen molar-refractivity contribution in [2.75, 3.05) is 12.4 Å². The van der Waals surface area contributed by atoms with Crippen LogP contribution in [0.1, 0.15) is 0 Å². The molecule has 2 N–H and O–H groups in total. The van der Waals surface area contributed by atoms with E-state index in [4.69, 9.17) is 0 Å². The molecule has 0 bridgehead atoms. The first-order valence-electron chi connectivity index (χ1n) is 4.85. The van der Waals surface area contributed by atoms with Crippen molar-refractivity contribution >= 4 is 27.8 Å². The Morgan fingerprint density at radius 1 is 1.53 bits per heavy atom.